The Labute approximate surface area is 359 Å². The van der Waals surface area contributed by atoms with Crippen LogP contribution in [0.5, 0.6) is 0 Å². The number of hydrogen-bond acceptors (Lipinski definition) is 4. The van der Waals surface area contributed by atoms with E-state index in [1.807, 2.05) is 77.9 Å². The topological polar surface area (TPSA) is 51.8 Å². The molecule has 5 aromatic carbocycles. The summed E-state index contributed by atoms with van der Waals surface area (Å²) in [7, 11) is 0. The molecule has 0 saturated heterocycles. The third kappa shape index (κ3) is 9.07. The average molecular weight is 929 g/mol. The van der Waals surface area contributed by atoms with Crippen LogP contribution in [0.4, 0.5) is 0 Å². The van der Waals surface area contributed by atoms with Crippen molar-refractivity contribution >= 4 is 43.5 Å². The van der Waals surface area contributed by atoms with Crippen LogP contribution >= 0.6 is 0 Å². The molecule has 0 aliphatic carbocycles. The number of rotatable bonds is 5. The van der Waals surface area contributed by atoms with E-state index in [1.54, 1.807) is 36.7 Å². The maximum absolute atomic E-state index is 8.55. The van der Waals surface area contributed by atoms with Gasteiger partial charge in [-0.05, 0) is 97.5 Å². The Balaban J connectivity index is 0.000000219. The van der Waals surface area contributed by atoms with Gasteiger partial charge >= 0.3 is 0 Å². The molecule has 9 rings (SSSR count). The third-order valence-electron chi connectivity index (χ3n) is 9.26. The first kappa shape index (κ1) is 31.6. The second-order valence-electron chi connectivity index (χ2n) is 16.1. The van der Waals surface area contributed by atoms with Crippen LogP contribution in [-0.4, -0.2) is 15.0 Å². The molecule has 0 unspecified atom stereocenters. The first-order chi connectivity index (χ1) is 29.6. The molecular weight excluding hydrogens is 875 g/mol. The van der Waals surface area contributed by atoms with Gasteiger partial charge in [0.1, 0.15) is 5.58 Å². The van der Waals surface area contributed by atoms with Crippen LogP contribution in [0.25, 0.3) is 77.3 Å². The number of aryl methyl sites for hydroxylation is 1. The second kappa shape index (κ2) is 16.2. The second-order valence-corrected chi connectivity index (χ2v) is 16.1. The summed E-state index contributed by atoms with van der Waals surface area (Å²) in [5.41, 5.74) is 6.34. The molecule has 4 heterocycles. The fraction of sp³-hybridized carbons (Fsp3) is 0.212. The molecule has 0 fully saturated rings. The molecule has 0 atom stereocenters. The number of pyridine rings is 3. The van der Waals surface area contributed by atoms with Gasteiger partial charge in [-0.25, -0.2) is 0 Å². The minimum Gasteiger partial charge on any atom is -0.501 e. The summed E-state index contributed by atoms with van der Waals surface area (Å²) in [4.78, 5) is 13.6. The van der Waals surface area contributed by atoms with Crippen molar-refractivity contribution in [3.8, 4) is 33.8 Å². The molecule has 0 spiro atoms. The molecule has 4 nitrogen and oxygen atoms in total. The van der Waals surface area contributed by atoms with Crippen molar-refractivity contribution in [2.45, 2.75) is 61.1 Å². The number of fused-ring (bicyclic) bond motifs is 6. The monoisotopic (exact) mass is 929 g/mol. The van der Waals surface area contributed by atoms with Crippen LogP contribution in [0.2, 0.25) is 0 Å². The van der Waals surface area contributed by atoms with Crippen molar-refractivity contribution in [2.75, 3.05) is 0 Å². The van der Waals surface area contributed by atoms with Gasteiger partial charge in [-0.2, -0.15) is 0 Å². The SMILES string of the molecule is [2H]C([2H])([2H])c1c[c-]c(-c2ccc(C([2H])([2H])C(C)(C)C)cn2)cc1.[2H]C([2H])(c1ccc(-c2ccnc(-c3[c-]ccc4c3oc3cc5c(ccc6ccccc65)cc34)c2)nc1)C(C)(C)C.[Ir]. The van der Waals surface area contributed by atoms with Gasteiger partial charge in [-0.3, -0.25) is 4.98 Å². The van der Waals surface area contributed by atoms with Crippen molar-refractivity contribution in [3.05, 3.63) is 163 Å². The molecule has 9 aromatic rings. The Morgan fingerprint density at radius 2 is 1.35 bits per heavy atom. The van der Waals surface area contributed by atoms with E-state index in [-0.39, 0.29) is 25.7 Å². The Hall–Kier alpha value is -5.48. The number of hydrogen-bond donors (Lipinski definition) is 0. The van der Waals surface area contributed by atoms with Gasteiger partial charge in [0.15, 0.2) is 0 Å². The van der Waals surface area contributed by atoms with Crippen molar-refractivity contribution in [2.24, 2.45) is 10.8 Å². The first-order valence-electron chi connectivity index (χ1n) is 22.2. The van der Waals surface area contributed by atoms with Crippen LogP contribution < -0.4 is 0 Å². The Bertz CT molecular complexity index is 3110. The molecule has 287 valence electrons. The van der Waals surface area contributed by atoms with Gasteiger partial charge in [0.25, 0.3) is 0 Å². The summed E-state index contributed by atoms with van der Waals surface area (Å²) in [6, 6.07) is 43.1. The molecule has 0 saturated carbocycles. The van der Waals surface area contributed by atoms with Gasteiger partial charge < -0.3 is 14.4 Å². The standard InChI is InChI=1S/C35H27N2O.C17H20N.Ir/c1-35(2,3)20-22-11-14-31(37-21-22)25-15-16-36-32(18-25)28-10-6-9-27-30-17-24-13-12-23-7-4-5-8-26(23)29(24)19-33(30)38-34(27)28;1-13-5-8-15(9-6-13)16-10-7-14(12-18-16)11-17(2,3)4;/h4-9,11-19,21H,20H2,1-3H3;5-8,10,12H,11H2,1-4H3;/q2*-1;/i20D2;1D3,11D2;. The van der Waals surface area contributed by atoms with Crippen LogP contribution in [0.3, 0.4) is 0 Å². The minimum absolute atomic E-state index is 0. The maximum atomic E-state index is 8.55. The van der Waals surface area contributed by atoms with E-state index in [0.717, 1.165) is 44.5 Å². The van der Waals surface area contributed by atoms with Gasteiger partial charge in [0.05, 0.1) is 11.3 Å². The molecule has 1 radical (unpaired) electrons. The summed E-state index contributed by atoms with van der Waals surface area (Å²) < 4.78 is 62.2. The summed E-state index contributed by atoms with van der Waals surface area (Å²) in [5.74, 6) is 0. The number of benzene rings is 5. The zero-order valence-electron chi connectivity index (χ0n) is 39.8. The smallest absolute Gasteiger partial charge is 0.121 e. The first-order valence-corrected chi connectivity index (χ1v) is 18.7. The number of furan rings is 1. The van der Waals surface area contributed by atoms with E-state index in [9.17, 15) is 0 Å². The van der Waals surface area contributed by atoms with Crippen molar-refractivity contribution in [3.63, 3.8) is 0 Å². The fourth-order valence-electron chi connectivity index (χ4n) is 6.87. The summed E-state index contributed by atoms with van der Waals surface area (Å²) in [5, 5.41) is 6.84. The molecular formula is C52H47IrN3O-2. The minimum atomic E-state index is -2.14. The maximum Gasteiger partial charge on any atom is 0.121 e. The molecule has 0 aliphatic heterocycles. The van der Waals surface area contributed by atoms with Crippen molar-refractivity contribution in [1.29, 1.82) is 0 Å². The van der Waals surface area contributed by atoms with Gasteiger partial charge in [-0.15, -0.1) is 53.6 Å². The van der Waals surface area contributed by atoms with Gasteiger partial charge in [0.2, 0.25) is 0 Å². The molecule has 57 heavy (non-hydrogen) atoms. The zero-order valence-corrected chi connectivity index (χ0v) is 35.2. The van der Waals surface area contributed by atoms with E-state index in [2.05, 4.69) is 75.6 Å². The molecule has 0 bridgehead atoms. The van der Waals surface area contributed by atoms with E-state index >= 15 is 0 Å². The summed E-state index contributed by atoms with van der Waals surface area (Å²) in [6.07, 6.45) is 1.95. The largest absolute Gasteiger partial charge is 0.501 e. The molecule has 0 aliphatic rings. The number of nitrogens with zero attached hydrogens (tertiary/aromatic N) is 3. The molecule has 5 heteroatoms. The third-order valence-corrected chi connectivity index (χ3v) is 9.26. The predicted molar refractivity (Wildman–Crippen MR) is 234 cm³/mol. The van der Waals surface area contributed by atoms with Crippen LogP contribution in [0, 0.1) is 29.8 Å². The molecule has 0 N–H and O–H groups in total. The normalized spacial score (nSPS) is 14.3. The van der Waals surface area contributed by atoms with Crippen LogP contribution in [0.1, 0.15) is 67.8 Å². The Morgan fingerprint density at radius 3 is 2.02 bits per heavy atom. The zero-order chi connectivity index (χ0) is 45.1. The Kier molecular flexibility index (Phi) is 8.96. The fourth-order valence-corrected chi connectivity index (χ4v) is 6.87. The van der Waals surface area contributed by atoms with E-state index < -0.39 is 30.4 Å². The van der Waals surface area contributed by atoms with E-state index in [0.29, 0.717) is 22.4 Å². The van der Waals surface area contributed by atoms with Gasteiger partial charge in [0, 0.05) is 53.7 Å². The summed E-state index contributed by atoms with van der Waals surface area (Å²) in [6.45, 7) is 9.10. The van der Waals surface area contributed by atoms with Crippen molar-refractivity contribution in [1.82, 2.24) is 15.0 Å². The molecule has 4 aromatic heterocycles. The van der Waals surface area contributed by atoms with Gasteiger partial charge in [-0.1, -0.05) is 120 Å². The van der Waals surface area contributed by atoms with Crippen molar-refractivity contribution < 1.29 is 34.1 Å². The number of aromatic nitrogens is 3. The average Bonchev–Trinajstić information content (AvgIpc) is 3.62. The quantitative estimate of drug-likeness (QED) is 0.127. The van der Waals surface area contributed by atoms with Crippen LogP contribution in [0.15, 0.2) is 138 Å². The summed E-state index contributed by atoms with van der Waals surface area (Å²) >= 11 is 0. The Morgan fingerprint density at radius 1 is 0.632 bits per heavy atom. The molecule has 0 amide bonds. The van der Waals surface area contributed by atoms with E-state index in [1.165, 1.54) is 33.8 Å². The van der Waals surface area contributed by atoms with Crippen LogP contribution in [-0.2, 0) is 32.9 Å². The van der Waals surface area contributed by atoms with E-state index in [4.69, 9.17) is 14.0 Å². The predicted octanol–water partition coefficient (Wildman–Crippen LogP) is 13.8.